The average molecular weight is 376 g/mol. The van der Waals surface area contributed by atoms with Crippen molar-refractivity contribution in [2.24, 2.45) is 0 Å². The number of aryl methyl sites for hydroxylation is 3. The zero-order chi connectivity index (χ0) is 19.7. The first kappa shape index (κ1) is 18.2. The van der Waals surface area contributed by atoms with Crippen LogP contribution < -0.4 is 5.32 Å². The number of aromatic nitrogens is 2. The Morgan fingerprint density at radius 3 is 2.64 bits per heavy atom. The van der Waals surface area contributed by atoms with Gasteiger partial charge in [-0.2, -0.15) is 4.98 Å². The number of carbonyl (C=O) groups excluding carboxylic acids is 1. The van der Waals surface area contributed by atoms with E-state index < -0.39 is 0 Å². The molecule has 144 valence electrons. The number of carbonyl (C=O) groups is 1. The quantitative estimate of drug-likeness (QED) is 0.696. The number of amides is 2. The van der Waals surface area contributed by atoms with Crippen molar-refractivity contribution >= 4 is 11.7 Å². The molecule has 1 N–H and O–H groups in total. The second-order valence-corrected chi connectivity index (χ2v) is 7.37. The van der Waals surface area contributed by atoms with Gasteiger partial charge in [0, 0.05) is 17.8 Å². The molecular formula is C22H24N4O2. The van der Waals surface area contributed by atoms with Crippen LogP contribution in [0.15, 0.2) is 47.0 Å². The number of nitrogens with one attached hydrogen (secondary N) is 1. The Bertz CT molecular complexity index is 991. The summed E-state index contributed by atoms with van der Waals surface area (Å²) in [4.78, 5) is 19.3. The lowest BCUT2D eigenvalue weighted by Crippen LogP contribution is -2.35. The van der Waals surface area contributed by atoms with Crippen LogP contribution in [0.3, 0.4) is 0 Å². The SMILES string of the molecule is Cc1cccc(-c2noc(C3CCCN3C(=O)Nc3c(C)cccc3C)n2)c1. The summed E-state index contributed by atoms with van der Waals surface area (Å²) in [5, 5.41) is 7.20. The summed E-state index contributed by atoms with van der Waals surface area (Å²) in [6, 6.07) is 13.6. The first-order valence-corrected chi connectivity index (χ1v) is 9.57. The maximum absolute atomic E-state index is 12.9. The fraction of sp³-hybridized carbons (Fsp3) is 0.318. The minimum absolute atomic E-state index is 0.129. The molecule has 0 radical (unpaired) electrons. The van der Waals surface area contributed by atoms with Gasteiger partial charge in [-0.25, -0.2) is 4.79 Å². The number of nitrogens with zero attached hydrogens (tertiary/aromatic N) is 3. The van der Waals surface area contributed by atoms with Gasteiger partial charge < -0.3 is 14.7 Å². The largest absolute Gasteiger partial charge is 0.337 e. The molecule has 0 aliphatic carbocycles. The van der Waals surface area contributed by atoms with Gasteiger partial charge in [-0.15, -0.1) is 0 Å². The third-order valence-electron chi connectivity index (χ3n) is 5.23. The number of anilines is 1. The van der Waals surface area contributed by atoms with Gasteiger partial charge in [0.1, 0.15) is 6.04 Å². The van der Waals surface area contributed by atoms with E-state index in [2.05, 4.69) is 15.5 Å². The minimum Gasteiger partial charge on any atom is -0.337 e. The minimum atomic E-state index is -0.199. The van der Waals surface area contributed by atoms with Crippen molar-refractivity contribution in [1.82, 2.24) is 15.0 Å². The lowest BCUT2D eigenvalue weighted by molar-refractivity contribution is 0.193. The van der Waals surface area contributed by atoms with Crippen LogP contribution in [-0.4, -0.2) is 27.6 Å². The van der Waals surface area contributed by atoms with Gasteiger partial charge in [0.25, 0.3) is 0 Å². The van der Waals surface area contributed by atoms with E-state index in [1.807, 2.05) is 63.2 Å². The zero-order valence-corrected chi connectivity index (χ0v) is 16.4. The van der Waals surface area contributed by atoms with Crippen LogP contribution in [-0.2, 0) is 0 Å². The van der Waals surface area contributed by atoms with Gasteiger partial charge in [0.2, 0.25) is 11.7 Å². The third-order valence-corrected chi connectivity index (χ3v) is 5.23. The van der Waals surface area contributed by atoms with Crippen LogP contribution in [0.5, 0.6) is 0 Å². The maximum Gasteiger partial charge on any atom is 0.322 e. The lowest BCUT2D eigenvalue weighted by atomic mass is 10.1. The molecule has 1 aliphatic rings. The number of hydrogen-bond donors (Lipinski definition) is 1. The van der Waals surface area contributed by atoms with E-state index in [1.165, 1.54) is 0 Å². The van der Waals surface area contributed by atoms with Gasteiger partial charge in [0.15, 0.2) is 0 Å². The van der Waals surface area contributed by atoms with Gasteiger partial charge in [-0.3, -0.25) is 0 Å². The fourth-order valence-corrected chi connectivity index (χ4v) is 3.73. The Kier molecular flexibility index (Phi) is 4.86. The van der Waals surface area contributed by atoms with Crippen LogP contribution >= 0.6 is 0 Å². The van der Waals surface area contributed by atoms with Crippen molar-refractivity contribution in [1.29, 1.82) is 0 Å². The molecule has 1 aliphatic heterocycles. The van der Waals surface area contributed by atoms with Crippen molar-refractivity contribution in [3.63, 3.8) is 0 Å². The monoisotopic (exact) mass is 376 g/mol. The molecule has 2 aromatic carbocycles. The topological polar surface area (TPSA) is 71.3 Å². The molecule has 4 rings (SSSR count). The van der Waals surface area contributed by atoms with Crippen LogP contribution in [0.2, 0.25) is 0 Å². The number of urea groups is 1. The molecule has 6 heteroatoms. The summed E-state index contributed by atoms with van der Waals surface area (Å²) in [6.07, 6.45) is 1.72. The molecule has 0 bridgehead atoms. The summed E-state index contributed by atoms with van der Waals surface area (Å²) in [5.74, 6) is 1.05. The first-order chi connectivity index (χ1) is 13.5. The highest BCUT2D eigenvalue weighted by Gasteiger charge is 2.34. The van der Waals surface area contributed by atoms with E-state index in [-0.39, 0.29) is 12.1 Å². The zero-order valence-electron chi connectivity index (χ0n) is 16.4. The normalized spacial score (nSPS) is 16.4. The Labute approximate surface area is 164 Å². The predicted molar refractivity (Wildman–Crippen MR) is 108 cm³/mol. The van der Waals surface area contributed by atoms with E-state index >= 15 is 0 Å². The van der Waals surface area contributed by atoms with Crippen molar-refractivity contribution in [2.75, 3.05) is 11.9 Å². The third kappa shape index (κ3) is 3.50. The summed E-state index contributed by atoms with van der Waals surface area (Å²) in [6.45, 7) is 6.69. The smallest absolute Gasteiger partial charge is 0.322 e. The molecule has 1 saturated heterocycles. The Balaban J connectivity index is 1.55. The lowest BCUT2D eigenvalue weighted by Gasteiger charge is -2.23. The molecule has 28 heavy (non-hydrogen) atoms. The standard InChI is InChI=1S/C22H24N4O2/c1-14-7-4-10-17(13-14)20-24-21(28-25-20)18-11-6-12-26(18)22(27)23-19-15(2)8-5-9-16(19)3/h4-5,7-10,13,18H,6,11-12H2,1-3H3,(H,23,27). The van der Waals surface area contributed by atoms with E-state index in [4.69, 9.17) is 4.52 Å². The van der Waals surface area contributed by atoms with Gasteiger partial charge in [-0.1, -0.05) is 47.1 Å². The Morgan fingerprint density at radius 1 is 1.14 bits per heavy atom. The van der Waals surface area contributed by atoms with Gasteiger partial charge >= 0.3 is 6.03 Å². The number of benzene rings is 2. The van der Waals surface area contributed by atoms with E-state index in [0.717, 1.165) is 40.8 Å². The summed E-state index contributed by atoms with van der Waals surface area (Å²) in [5.41, 5.74) is 5.01. The highest BCUT2D eigenvalue weighted by Crippen LogP contribution is 2.33. The second kappa shape index (κ2) is 7.46. The van der Waals surface area contributed by atoms with Crippen molar-refractivity contribution < 1.29 is 9.32 Å². The number of para-hydroxylation sites is 1. The second-order valence-electron chi connectivity index (χ2n) is 7.37. The van der Waals surface area contributed by atoms with Crippen LogP contribution in [0.1, 0.15) is 41.5 Å². The molecule has 2 amide bonds. The summed E-state index contributed by atoms with van der Waals surface area (Å²) in [7, 11) is 0. The molecule has 1 atom stereocenters. The van der Waals surface area contributed by atoms with Crippen LogP contribution in [0.4, 0.5) is 10.5 Å². The molecule has 2 heterocycles. The molecule has 1 unspecified atom stereocenters. The van der Waals surface area contributed by atoms with Gasteiger partial charge in [-0.05, 0) is 50.8 Å². The Hall–Kier alpha value is -3.15. The number of hydrogen-bond acceptors (Lipinski definition) is 4. The highest BCUT2D eigenvalue weighted by atomic mass is 16.5. The highest BCUT2D eigenvalue weighted by molar-refractivity contribution is 5.91. The molecule has 3 aromatic rings. The fourth-order valence-electron chi connectivity index (χ4n) is 3.73. The predicted octanol–water partition coefficient (Wildman–Crippen LogP) is 5.03. The molecular weight excluding hydrogens is 352 g/mol. The summed E-state index contributed by atoms with van der Waals surface area (Å²) < 4.78 is 5.54. The molecule has 0 saturated carbocycles. The maximum atomic E-state index is 12.9. The first-order valence-electron chi connectivity index (χ1n) is 9.57. The van der Waals surface area contributed by atoms with E-state index in [9.17, 15) is 4.79 Å². The Morgan fingerprint density at radius 2 is 1.89 bits per heavy atom. The summed E-state index contributed by atoms with van der Waals surface area (Å²) >= 11 is 0. The molecule has 1 fully saturated rings. The van der Waals surface area contributed by atoms with Gasteiger partial charge in [0.05, 0.1) is 0 Å². The van der Waals surface area contributed by atoms with Crippen LogP contribution in [0, 0.1) is 20.8 Å². The van der Waals surface area contributed by atoms with Crippen molar-refractivity contribution in [2.45, 2.75) is 39.7 Å². The molecule has 1 aromatic heterocycles. The molecule has 0 spiro atoms. The molecule has 6 nitrogen and oxygen atoms in total. The van der Waals surface area contributed by atoms with Crippen molar-refractivity contribution in [3.05, 3.63) is 65.0 Å². The van der Waals surface area contributed by atoms with E-state index in [0.29, 0.717) is 18.3 Å². The number of likely N-dealkylation sites (tertiary alicyclic amines) is 1. The van der Waals surface area contributed by atoms with E-state index in [1.54, 1.807) is 4.90 Å². The van der Waals surface area contributed by atoms with Crippen LogP contribution in [0.25, 0.3) is 11.4 Å². The van der Waals surface area contributed by atoms with Crippen molar-refractivity contribution in [3.8, 4) is 11.4 Å². The average Bonchev–Trinajstić information content (AvgIpc) is 3.33. The number of rotatable bonds is 3.